The van der Waals surface area contributed by atoms with E-state index < -0.39 is 11.9 Å². The average molecular weight is 366 g/mol. The van der Waals surface area contributed by atoms with Gasteiger partial charge in [0.1, 0.15) is 6.10 Å². The van der Waals surface area contributed by atoms with E-state index in [1.165, 1.54) is 26.5 Å². The van der Waals surface area contributed by atoms with Gasteiger partial charge in [-0.1, -0.05) is 0 Å². The van der Waals surface area contributed by atoms with Crippen molar-refractivity contribution in [2.24, 2.45) is 5.92 Å². The van der Waals surface area contributed by atoms with Crippen LogP contribution in [0.5, 0.6) is 11.6 Å². The molecule has 9 nitrogen and oxygen atoms in total. The largest absolute Gasteiger partial charge is 0.491 e. The summed E-state index contributed by atoms with van der Waals surface area (Å²) >= 11 is 0. The first kappa shape index (κ1) is 19.5. The number of nitrogens with zero attached hydrogens (tertiary/aromatic N) is 1. The SMILES string of the molecule is COC(=O)C(=O)Nc1cnc(O[C@H]2CC[C@H](C(=O)OC)CC2)c(OC)c1. The van der Waals surface area contributed by atoms with Crippen LogP contribution in [0.4, 0.5) is 5.69 Å². The fraction of sp³-hybridized carbons (Fsp3) is 0.529. The van der Waals surface area contributed by atoms with Gasteiger partial charge in [-0.3, -0.25) is 9.59 Å². The number of hydrogen-bond acceptors (Lipinski definition) is 8. The maximum absolute atomic E-state index is 11.6. The summed E-state index contributed by atoms with van der Waals surface area (Å²) in [6.45, 7) is 0. The molecule has 1 aromatic heterocycles. The molecule has 142 valence electrons. The van der Waals surface area contributed by atoms with Crippen LogP contribution in [0.3, 0.4) is 0 Å². The van der Waals surface area contributed by atoms with E-state index in [0.29, 0.717) is 31.4 Å². The summed E-state index contributed by atoms with van der Waals surface area (Å²) in [5, 5.41) is 2.36. The molecule has 1 fully saturated rings. The Hall–Kier alpha value is -2.84. The van der Waals surface area contributed by atoms with Gasteiger partial charge in [-0.2, -0.15) is 0 Å². The van der Waals surface area contributed by atoms with Crippen molar-refractivity contribution in [3.63, 3.8) is 0 Å². The molecule has 0 aliphatic heterocycles. The van der Waals surface area contributed by atoms with Crippen LogP contribution >= 0.6 is 0 Å². The lowest BCUT2D eigenvalue weighted by atomic mass is 9.87. The minimum atomic E-state index is -1.01. The van der Waals surface area contributed by atoms with Gasteiger partial charge in [0.15, 0.2) is 5.75 Å². The molecule has 1 N–H and O–H groups in total. The third kappa shape index (κ3) is 4.84. The fourth-order valence-corrected chi connectivity index (χ4v) is 2.75. The van der Waals surface area contributed by atoms with Crippen molar-refractivity contribution >= 4 is 23.5 Å². The Labute approximate surface area is 151 Å². The number of esters is 2. The summed E-state index contributed by atoms with van der Waals surface area (Å²) in [4.78, 5) is 38.4. The van der Waals surface area contributed by atoms with E-state index in [9.17, 15) is 14.4 Å². The number of rotatable bonds is 5. The third-order valence-electron chi connectivity index (χ3n) is 4.15. The Kier molecular flexibility index (Phi) is 6.76. The Morgan fingerprint density at radius 2 is 1.77 bits per heavy atom. The average Bonchev–Trinajstić information content (AvgIpc) is 2.68. The first-order chi connectivity index (χ1) is 12.5. The highest BCUT2D eigenvalue weighted by molar-refractivity contribution is 6.37. The number of carbonyl (C=O) groups is 3. The zero-order valence-corrected chi connectivity index (χ0v) is 14.9. The summed E-state index contributed by atoms with van der Waals surface area (Å²) < 4.78 is 20.2. The first-order valence-electron chi connectivity index (χ1n) is 8.16. The van der Waals surface area contributed by atoms with Crippen LogP contribution in [0.2, 0.25) is 0 Å². The maximum Gasteiger partial charge on any atom is 0.396 e. The highest BCUT2D eigenvalue weighted by Crippen LogP contribution is 2.32. The van der Waals surface area contributed by atoms with Gasteiger partial charge in [0.2, 0.25) is 0 Å². The minimum Gasteiger partial charge on any atom is -0.491 e. The van der Waals surface area contributed by atoms with Gasteiger partial charge in [0.25, 0.3) is 5.88 Å². The van der Waals surface area contributed by atoms with E-state index in [2.05, 4.69) is 15.0 Å². The van der Waals surface area contributed by atoms with E-state index in [1.807, 2.05) is 0 Å². The molecule has 0 spiro atoms. The molecule has 0 radical (unpaired) electrons. The molecule has 0 atom stereocenters. The van der Waals surface area contributed by atoms with Crippen LogP contribution in [0.1, 0.15) is 25.7 Å². The van der Waals surface area contributed by atoms with E-state index in [0.717, 1.165) is 7.11 Å². The predicted molar refractivity (Wildman–Crippen MR) is 89.8 cm³/mol. The van der Waals surface area contributed by atoms with Crippen molar-refractivity contribution in [2.75, 3.05) is 26.6 Å². The Bertz CT molecular complexity index is 669. The number of nitrogens with one attached hydrogen (secondary N) is 1. The van der Waals surface area contributed by atoms with Crippen LogP contribution in [-0.2, 0) is 23.9 Å². The van der Waals surface area contributed by atoms with Crippen molar-refractivity contribution in [3.05, 3.63) is 12.3 Å². The number of amides is 1. The minimum absolute atomic E-state index is 0.0900. The molecule has 0 unspecified atom stereocenters. The molecule has 0 saturated heterocycles. The van der Waals surface area contributed by atoms with Crippen molar-refractivity contribution in [1.82, 2.24) is 4.98 Å². The second-order valence-corrected chi connectivity index (χ2v) is 5.79. The standard InChI is InChI=1S/C17H22N2O7/c1-23-13-8-11(19-14(20)17(22)25-3)9-18-15(13)26-12-6-4-10(5-7-12)16(21)24-2/h8-10,12H,4-7H2,1-3H3,(H,19,20)/t10-,12-. The molecule has 0 bridgehead atoms. The molecule has 2 rings (SSSR count). The number of aromatic nitrogens is 1. The van der Waals surface area contributed by atoms with Crippen LogP contribution < -0.4 is 14.8 Å². The lowest BCUT2D eigenvalue weighted by Gasteiger charge is -2.27. The molecular weight excluding hydrogens is 344 g/mol. The van der Waals surface area contributed by atoms with Gasteiger partial charge in [-0.25, -0.2) is 9.78 Å². The van der Waals surface area contributed by atoms with E-state index in [1.54, 1.807) is 0 Å². The summed E-state index contributed by atoms with van der Waals surface area (Å²) in [6.07, 6.45) is 4.04. The van der Waals surface area contributed by atoms with Crippen molar-refractivity contribution in [2.45, 2.75) is 31.8 Å². The quantitative estimate of drug-likeness (QED) is 0.613. The molecule has 1 heterocycles. The normalized spacial score (nSPS) is 19.2. The van der Waals surface area contributed by atoms with Crippen LogP contribution in [0.25, 0.3) is 0 Å². The molecule has 1 amide bonds. The number of hydrogen-bond donors (Lipinski definition) is 1. The van der Waals surface area contributed by atoms with Gasteiger partial charge >= 0.3 is 17.8 Å². The van der Waals surface area contributed by atoms with Crippen molar-refractivity contribution < 1.29 is 33.3 Å². The number of carbonyl (C=O) groups excluding carboxylic acids is 3. The van der Waals surface area contributed by atoms with Gasteiger partial charge < -0.3 is 24.3 Å². The lowest BCUT2D eigenvalue weighted by Crippen LogP contribution is -2.29. The molecule has 26 heavy (non-hydrogen) atoms. The van der Waals surface area contributed by atoms with Gasteiger partial charge in [-0.05, 0) is 25.7 Å². The summed E-state index contributed by atoms with van der Waals surface area (Å²) in [7, 11) is 3.96. The molecule has 1 saturated carbocycles. The number of methoxy groups -OCH3 is 3. The smallest absolute Gasteiger partial charge is 0.396 e. The van der Waals surface area contributed by atoms with Crippen molar-refractivity contribution in [3.8, 4) is 11.6 Å². The number of ether oxygens (including phenoxy) is 4. The molecule has 0 aromatic carbocycles. The number of anilines is 1. The molecule has 1 aliphatic carbocycles. The van der Waals surface area contributed by atoms with Crippen LogP contribution in [-0.4, -0.2) is 50.3 Å². The summed E-state index contributed by atoms with van der Waals surface area (Å²) in [6, 6.07) is 1.50. The number of pyridine rings is 1. The molecule has 1 aliphatic rings. The molecule has 1 aromatic rings. The Morgan fingerprint density at radius 3 is 2.35 bits per heavy atom. The van der Waals surface area contributed by atoms with Gasteiger partial charge in [-0.15, -0.1) is 0 Å². The Balaban J connectivity index is 1.99. The van der Waals surface area contributed by atoms with E-state index >= 15 is 0 Å². The summed E-state index contributed by atoms with van der Waals surface area (Å²) in [5.74, 6) is -1.60. The van der Waals surface area contributed by atoms with Crippen LogP contribution in [0, 0.1) is 5.92 Å². The zero-order valence-electron chi connectivity index (χ0n) is 14.9. The topological polar surface area (TPSA) is 113 Å². The maximum atomic E-state index is 11.6. The lowest BCUT2D eigenvalue weighted by molar-refractivity contribution is -0.150. The van der Waals surface area contributed by atoms with E-state index in [-0.39, 0.29) is 29.6 Å². The van der Waals surface area contributed by atoms with Gasteiger partial charge in [0.05, 0.1) is 39.1 Å². The Morgan fingerprint density at radius 1 is 1.08 bits per heavy atom. The summed E-state index contributed by atoms with van der Waals surface area (Å²) in [5.41, 5.74) is 0.277. The monoisotopic (exact) mass is 366 g/mol. The second kappa shape index (κ2) is 9.02. The second-order valence-electron chi connectivity index (χ2n) is 5.79. The zero-order chi connectivity index (χ0) is 19.1. The fourth-order valence-electron chi connectivity index (χ4n) is 2.75. The van der Waals surface area contributed by atoms with Gasteiger partial charge in [0, 0.05) is 6.07 Å². The first-order valence-corrected chi connectivity index (χ1v) is 8.16. The molecule has 9 heteroatoms. The van der Waals surface area contributed by atoms with Crippen molar-refractivity contribution in [1.29, 1.82) is 0 Å². The predicted octanol–water partition coefficient (Wildman–Crippen LogP) is 1.31. The highest BCUT2D eigenvalue weighted by Gasteiger charge is 2.28. The highest BCUT2D eigenvalue weighted by atomic mass is 16.5. The van der Waals surface area contributed by atoms with E-state index in [4.69, 9.17) is 14.2 Å². The van der Waals surface area contributed by atoms with Crippen LogP contribution in [0.15, 0.2) is 12.3 Å². The third-order valence-corrected chi connectivity index (χ3v) is 4.15. The molecular formula is C17H22N2O7.